The highest BCUT2D eigenvalue weighted by Gasteiger charge is 2.26. The molecular formula is C24H33N3O5S. The lowest BCUT2D eigenvalue weighted by Crippen LogP contribution is -2.44. The molecule has 0 aromatic heterocycles. The number of nitrogens with zero attached hydrogens (tertiary/aromatic N) is 1. The number of methoxy groups -OCH3 is 1. The number of aryl methyl sites for hydroxylation is 1. The highest BCUT2D eigenvalue weighted by Crippen LogP contribution is 2.27. The zero-order valence-electron chi connectivity index (χ0n) is 19.8. The first kappa shape index (κ1) is 25.0. The fourth-order valence-corrected chi connectivity index (χ4v) is 4.87. The Bertz CT molecular complexity index is 1090. The molecule has 33 heavy (non-hydrogen) atoms. The van der Waals surface area contributed by atoms with Crippen molar-refractivity contribution in [3.63, 3.8) is 0 Å². The number of amides is 1. The number of rotatable bonds is 4. The third-order valence-corrected chi connectivity index (χ3v) is 7.16. The first-order valence-corrected chi connectivity index (χ1v) is 12.5. The Labute approximate surface area is 196 Å². The number of anilines is 1. The number of nitrogens with one attached hydrogen (secondary N) is 2. The molecule has 0 fully saturated rings. The smallest absolute Gasteiger partial charge is 0.261 e. The van der Waals surface area contributed by atoms with Crippen molar-refractivity contribution in [3.05, 3.63) is 53.6 Å². The molecule has 0 saturated carbocycles. The minimum absolute atomic E-state index is 0.0598. The summed E-state index contributed by atoms with van der Waals surface area (Å²) < 4.78 is 39.9. The molecule has 1 heterocycles. The zero-order chi connectivity index (χ0) is 24.2. The van der Waals surface area contributed by atoms with Gasteiger partial charge < -0.3 is 19.7 Å². The second-order valence-electron chi connectivity index (χ2n) is 8.69. The van der Waals surface area contributed by atoms with E-state index >= 15 is 0 Å². The van der Waals surface area contributed by atoms with Crippen LogP contribution in [0.1, 0.15) is 29.8 Å². The van der Waals surface area contributed by atoms with Gasteiger partial charge in [-0.1, -0.05) is 19.1 Å². The molecule has 2 aromatic rings. The molecule has 0 saturated heterocycles. The first-order valence-electron chi connectivity index (χ1n) is 11.0. The molecule has 1 aliphatic rings. The Kier molecular flexibility index (Phi) is 7.99. The molecule has 1 aliphatic heterocycles. The second kappa shape index (κ2) is 10.5. The van der Waals surface area contributed by atoms with E-state index in [4.69, 9.17) is 9.47 Å². The van der Waals surface area contributed by atoms with Gasteiger partial charge in [0.1, 0.15) is 12.4 Å². The largest absolute Gasteiger partial charge is 0.491 e. The van der Waals surface area contributed by atoms with Gasteiger partial charge in [-0.05, 0) is 55.7 Å². The number of sulfonamides is 1. The molecular weight excluding hydrogens is 442 g/mol. The van der Waals surface area contributed by atoms with Crippen molar-refractivity contribution < 1.29 is 22.7 Å². The first-order chi connectivity index (χ1) is 15.6. The van der Waals surface area contributed by atoms with Gasteiger partial charge in [-0.15, -0.1) is 0 Å². The summed E-state index contributed by atoms with van der Waals surface area (Å²) in [5.74, 6) is 0.317. The summed E-state index contributed by atoms with van der Waals surface area (Å²) in [5.41, 5.74) is 1.41. The van der Waals surface area contributed by atoms with E-state index in [1.54, 1.807) is 43.3 Å². The number of fused-ring (bicyclic) bond motifs is 1. The summed E-state index contributed by atoms with van der Waals surface area (Å²) in [7, 11) is -0.460. The molecule has 2 aromatic carbocycles. The molecule has 0 radical (unpaired) electrons. The van der Waals surface area contributed by atoms with Crippen LogP contribution in [-0.2, 0) is 14.8 Å². The Morgan fingerprint density at radius 1 is 1.18 bits per heavy atom. The van der Waals surface area contributed by atoms with Gasteiger partial charge in [0.2, 0.25) is 0 Å². The third kappa shape index (κ3) is 6.25. The highest BCUT2D eigenvalue weighted by molar-refractivity contribution is 7.92. The fraction of sp³-hybridized carbons (Fsp3) is 0.458. The lowest BCUT2D eigenvalue weighted by molar-refractivity contribution is 0.0281. The Balaban J connectivity index is 1.94. The number of carbonyl (C=O) groups is 1. The van der Waals surface area contributed by atoms with Crippen LogP contribution in [0.25, 0.3) is 0 Å². The molecule has 2 N–H and O–H groups in total. The maximum absolute atomic E-state index is 13.3. The summed E-state index contributed by atoms with van der Waals surface area (Å²) in [4.78, 5) is 15.1. The van der Waals surface area contributed by atoms with Crippen LogP contribution >= 0.6 is 0 Å². The number of carbonyl (C=O) groups excluding carboxylic acids is 1. The van der Waals surface area contributed by atoms with E-state index in [0.29, 0.717) is 18.9 Å². The van der Waals surface area contributed by atoms with Gasteiger partial charge in [0.05, 0.1) is 16.6 Å². The molecule has 9 heteroatoms. The van der Waals surface area contributed by atoms with Crippen molar-refractivity contribution in [1.82, 2.24) is 10.2 Å². The number of hydrogen-bond donors (Lipinski definition) is 2. The van der Waals surface area contributed by atoms with Gasteiger partial charge in [-0.2, -0.15) is 0 Å². The minimum Gasteiger partial charge on any atom is -0.491 e. The second-order valence-corrected chi connectivity index (χ2v) is 10.4. The molecule has 8 nitrogen and oxygen atoms in total. The van der Waals surface area contributed by atoms with E-state index < -0.39 is 10.0 Å². The Morgan fingerprint density at radius 2 is 1.94 bits per heavy atom. The maximum Gasteiger partial charge on any atom is 0.261 e. The van der Waals surface area contributed by atoms with Gasteiger partial charge in [0, 0.05) is 39.0 Å². The predicted molar refractivity (Wildman–Crippen MR) is 128 cm³/mol. The predicted octanol–water partition coefficient (Wildman–Crippen LogP) is 2.89. The van der Waals surface area contributed by atoms with Crippen LogP contribution in [0.2, 0.25) is 0 Å². The van der Waals surface area contributed by atoms with E-state index in [0.717, 1.165) is 12.1 Å². The van der Waals surface area contributed by atoms with Crippen LogP contribution in [0, 0.1) is 12.8 Å². The highest BCUT2D eigenvalue weighted by atomic mass is 32.2. The van der Waals surface area contributed by atoms with Crippen molar-refractivity contribution in [2.45, 2.75) is 37.8 Å². The summed E-state index contributed by atoms with van der Waals surface area (Å²) in [6.45, 7) is 7.41. The number of benzene rings is 2. The van der Waals surface area contributed by atoms with Crippen molar-refractivity contribution in [2.75, 3.05) is 38.6 Å². The van der Waals surface area contributed by atoms with Gasteiger partial charge in [-0.25, -0.2) is 8.42 Å². The van der Waals surface area contributed by atoms with E-state index in [1.165, 1.54) is 12.1 Å². The lowest BCUT2D eigenvalue weighted by atomic mass is 10.0. The van der Waals surface area contributed by atoms with Gasteiger partial charge in [0.25, 0.3) is 15.9 Å². The molecule has 0 aliphatic carbocycles. The topological polar surface area (TPSA) is 97.0 Å². The quantitative estimate of drug-likeness (QED) is 0.706. The fourth-order valence-electron chi connectivity index (χ4n) is 3.72. The Morgan fingerprint density at radius 3 is 2.64 bits per heavy atom. The van der Waals surface area contributed by atoms with Crippen LogP contribution < -0.4 is 14.8 Å². The van der Waals surface area contributed by atoms with Gasteiger partial charge in [0.15, 0.2) is 0 Å². The normalized spacial score (nSPS) is 22.5. The molecule has 0 unspecified atom stereocenters. The molecule has 0 bridgehead atoms. The van der Waals surface area contributed by atoms with Crippen LogP contribution in [0.15, 0.2) is 47.4 Å². The van der Waals surface area contributed by atoms with Crippen molar-refractivity contribution in [1.29, 1.82) is 0 Å². The monoisotopic (exact) mass is 475 g/mol. The summed E-state index contributed by atoms with van der Waals surface area (Å²) >= 11 is 0. The number of likely N-dealkylation sites (N-methyl/N-ethyl adjacent to an activating group) is 1. The third-order valence-electron chi connectivity index (χ3n) is 5.78. The molecule has 0 spiro atoms. The van der Waals surface area contributed by atoms with Crippen molar-refractivity contribution >= 4 is 21.6 Å². The van der Waals surface area contributed by atoms with E-state index in [1.807, 2.05) is 19.9 Å². The SMILES string of the molecule is CO[C@H]1CN(C)C(=O)c2cc(NS(=O)(=O)c3cccc(C)c3)ccc2OC[C@H](C)NC[C@H]1C. The van der Waals surface area contributed by atoms with E-state index in [-0.39, 0.29) is 40.1 Å². The van der Waals surface area contributed by atoms with Gasteiger partial charge in [-0.3, -0.25) is 9.52 Å². The lowest BCUT2D eigenvalue weighted by Gasteiger charge is -2.30. The molecule has 3 rings (SSSR count). The molecule has 1 amide bonds. The minimum atomic E-state index is -3.81. The molecule has 3 atom stereocenters. The summed E-state index contributed by atoms with van der Waals surface area (Å²) in [6, 6.07) is 11.5. The van der Waals surface area contributed by atoms with Crippen LogP contribution in [0.5, 0.6) is 5.75 Å². The van der Waals surface area contributed by atoms with Gasteiger partial charge >= 0.3 is 0 Å². The van der Waals surface area contributed by atoms with E-state index in [9.17, 15) is 13.2 Å². The maximum atomic E-state index is 13.3. The van der Waals surface area contributed by atoms with Crippen molar-refractivity contribution in [3.8, 4) is 5.75 Å². The average molecular weight is 476 g/mol. The standard InChI is InChI=1S/C24H33N3O5S/c1-16-7-6-8-20(11-16)33(29,30)26-19-9-10-22-21(12-19)24(28)27(4)14-23(31-5)17(2)13-25-18(3)15-32-22/h6-12,17-18,23,25-26H,13-15H2,1-5H3/t17-,18+,23+/m1/s1. The van der Waals surface area contributed by atoms with Crippen LogP contribution in [0.3, 0.4) is 0 Å². The summed E-state index contributed by atoms with van der Waals surface area (Å²) in [6.07, 6.45) is -0.148. The van der Waals surface area contributed by atoms with E-state index in [2.05, 4.69) is 17.0 Å². The molecule has 180 valence electrons. The van der Waals surface area contributed by atoms with Crippen molar-refractivity contribution in [2.24, 2.45) is 5.92 Å². The van der Waals surface area contributed by atoms with Crippen LogP contribution in [-0.4, -0.2) is 65.2 Å². The average Bonchev–Trinajstić information content (AvgIpc) is 2.78. The van der Waals surface area contributed by atoms with Crippen LogP contribution in [0.4, 0.5) is 5.69 Å². The summed E-state index contributed by atoms with van der Waals surface area (Å²) in [5, 5.41) is 3.44. The Hall–Kier alpha value is -2.62. The number of ether oxygens (including phenoxy) is 2. The zero-order valence-corrected chi connectivity index (χ0v) is 20.6. The number of hydrogen-bond acceptors (Lipinski definition) is 6.